The highest BCUT2D eigenvalue weighted by Crippen LogP contribution is 2.21. The van der Waals surface area contributed by atoms with Crippen molar-refractivity contribution in [2.45, 2.75) is 38.8 Å². The molecule has 94 valence electrons. The molecule has 1 aromatic carbocycles. The van der Waals surface area contributed by atoms with E-state index in [1.165, 1.54) is 18.4 Å². The zero-order valence-corrected chi connectivity index (χ0v) is 10.6. The Labute approximate surface area is 103 Å². The molecule has 0 saturated heterocycles. The monoisotopic (exact) mass is 235 g/mol. The zero-order chi connectivity index (χ0) is 12.3. The van der Waals surface area contributed by atoms with Crippen LogP contribution >= 0.6 is 0 Å². The Morgan fingerprint density at radius 2 is 2.18 bits per heavy atom. The van der Waals surface area contributed by atoms with Gasteiger partial charge in [0.2, 0.25) is 0 Å². The molecule has 3 nitrogen and oxygen atoms in total. The predicted molar refractivity (Wildman–Crippen MR) is 68.4 cm³/mol. The third-order valence-corrected chi connectivity index (χ3v) is 3.21. The van der Waals surface area contributed by atoms with Gasteiger partial charge < -0.3 is 15.2 Å². The van der Waals surface area contributed by atoms with E-state index >= 15 is 0 Å². The SMILES string of the molecule is Cc1cccc(OC[C@H](O)CNC2CC2)c1C. The van der Waals surface area contributed by atoms with Gasteiger partial charge >= 0.3 is 0 Å². The van der Waals surface area contributed by atoms with E-state index in [0.29, 0.717) is 19.2 Å². The Bertz CT molecular complexity index is 374. The van der Waals surface area contributed by atoms with Gasteiger partial charge in [-0.25, -0.2) is 0 Å². The number of rotatable bonds is 6. The lowest BCUT2D eigenvalue weighted by Gasteiger charge is -2.15. The molecular formula is C14H21NO2. The minimum absolute atomic E-state index is 0.351. The van der Waals surface area contributed by atoms with Crippen molar-refractivity contribution in [3.63, 3.8) is 0 Å². The molecule has 0 aromatic heterocycles. The number of hydrogen-bond donors (Lipinski definition) is 2. The molecule has 1 fully saturated rings. The molecule has 1 aliphatic carbocycles. The maximum atomic E-state index is 9.76. The van der Waals surface area contributed by atoms with Crippen LogP contribution in [0.15, 0.2) is 18.2 Å². The molecule has 3 heteroatoms. The fourth-order valence-electron chi connectivity index (χ4n) is 1.72. The first-order valence-electron chi connectivity index (χ1n) is 6.27. The Kier molecular flexibility index (Phi) is 4.02. The number of nitrogens with one attached hydrogen (secondary N) is 1. The van der Waals surface area contributed by atoms with Crippen molar-refractivity contribution < 1.29 is 9.84 Å². The third kappa shape index (κ3) is 3.72. The van der Waals surface area contributed by atoms with Crippen molar-refractivity contribution in [1.82, 2.24) is 5.32 Å². The second-order valence-corrected chi connectivity index (χ2v) is 4.85. The first-order chi connectivity index (χ1) is 8.16. The summed E-state index contributed by atoms with van der Waals surface area (Å²) in [5.41, 5.74) is 2.36. The van der Waals surface area contributed by atoms with Gasteiger partial charge in [0, 0.05) is 12.6 Å². The predicted octanol–water partition coefficient (Wildman–Crippen LogP) is 1.80. The van der Waals surface area contributed by atoms with Crippen molar-refractivity contribution in [2.75, 3.05) is 13.2 Å². The molecule has 0 heterocycles. The largest absolute Gasteiger partial charge is 0.491 e. The summed E-state index contributed by atoms with van der Waals surface area (Å²) in [6, 6.07) is 6.62. The van der Waals surface area contributed by atoms with Crippen LogP contribution in [0.5, 0.6) is 5.75 Å². The maximum Gasteiger partial charge on any atom is 0.122 e. The van der Waals surface area contributed by atoms with Crippen LogP contribution in [0.1, 0.15) is 24.0 Å². The summed E-state index contributed by atoms with van der Waals surface area (Å²) >= 11 is 0. The number of aliphatic hydroxyl groups excluding tert-OH is 1. The summed E-state index contributed by atoms with van der Waals surface area (Å²) in [7, 11) is 0. The highest BCUT2D eigenvalue weighted by Gasteiger charge is 2.21. The van der Waals surface area contributed by atoms with E-state index in [4.69, 9.17) is 4.74 Å². The summed E-state index contributed by atoms with van der Waals surface area (Å²) in [6.07, 6.45) is 2.05. The van der Waals surface area contributed by atoms with E-state index in [-0.39, 0.29) is 0 Å². The normalized spacial score (nSPS) is 16.9. The minimum Gasteiger partial charge on any atom is -0.491 e. The van der Waals surface area contributed by atoms with E-state index in [2.05, 4.69) is 18.3 Å². The highest BCUT2D eigenvalue weighted by atomic mass is 16.5. The van der Waals surface area contributed by atoms with Crippen LogP contribution in [0.25, 0.3) is 0 Å². The number of aliphatic hydroxyl groups is 1. The molecule has 1 aliphatic rings. The Balaban J connectivity index is 1.77. The van der Waals surface area contributed by atoms with Crippen LogP contribution in [0, 0.1) is 13.8 Å². The molecule has 1 aromatic rings. The van der Waals surface area contributed by atoms with Crippen molar-refractivity contribution >= 4 is 0 Å². The third-order valence-electron chi connectivity index (χ3n) is 3.21. The van der Waals surface area contributed by atoms with E-state index in [0.717, 1.165) is 11.3 Å². The number of aryl methyl sites for hydroxylation is 1. The van der Waals surface area contributed by atoms with Crippen LogP contribution in [0.3, 0.4) is 0 Å². The molecule has 17 heavy (non-hydrogen) atoms. The summed E-state index contributed by atoms with van der Waals surface area (Å²) < 4.78 is 5.64. The molecule has 2 rings (SSSR count). The van der Waals surface area contributed by atoms with E-state index in [1.807, 2.05) is 19.1 Å². The van der Waals surface area contributed by atoms with Crippen molar-refractivity contribution in [3.8, 4) is 5.75 Å². The van der Waals surface area contributed by atoms with Crippen LogP contribution in [-0.4, -0.2) is 30.4 Å². The lowest BCUT2D eigenvalue weighted by molar-refractivity contribution is 0.106. The maximum absolute atomic E-state index is 9.76. The first-order valence-corrected chi connectivity index (χ1v) is 6.27. The van der Waals surface area contributed by atoms with Gasteiger partial charge in [0.15, 0.2) is 0 Å². The zero-order valence-electron chi connectivity index (χ0n) is 10.6. The average molecular weight is 235 g/mol. The lowest BCUT2D eigenvalue weighted by atomic mass is 10.1. The van der Waals surface area contributed by atoms with Gasteiger partial charge in [-0.1, -0.05) is 12.1 Å². The van der Waals surface area contributed by atoms with Gasteiger partial charge in [-0.05, 0) is 43.9 Å². The van der Waals surface area contributed by atoms with Crippen LogP contribution in [-0.2, 0) is 0 Å². The van der Waals surface area contributed by atoms with Crippen molar-refractivity contribution in [2.24, 2.45) is 0 Å². The lowest BCUT2D eigenvalue weighted by Crippen LogP contribution is -2.32. The van der Waals surface area contributed by atoms with Gasteiger partial charge in [-0.3, -0.25) is 0 Å². The number of benzene rings is 1. The van der Waals surface area contributed by atoms with E-state index < -0.39 is 6.10 Å². The molecular weight excluding hydrogens is 214 g/mol. The Morgan fingerprint density at radius 1 is 1.41 bits per heavy atom. The van der Waals surface area contributed by atoms with Gasteiger partial charge in [0.25, 0.3) is 0 Å². The number of ether oxygens (including phenoxy) is 1. The smallest absolute Gasteiger partial charge is 0.122 e. The Hall–Kier alpha value is -1.06. The molecule has 0 bridgehead atoms. The van der Waals surface area contributed by atoms with Gasteiger partial charge in [0.1, 0.15) is 18.5 Å². The average Bonchev–Trinajstić information content (AvgIpc) is 3.12. The van der Waals surface area contributed by atoms with Crippen LogP contribution < -0.4 is 10.1 Å². The summed E-state index contributed by atoms with van der Waals surface area (Å²) in [6.45, 7) is 5.08. The van der Waals surface area contributed by atoms with Crippen LogP contribution in [0.2, 0.25) is 0 Å². The van der Waals surface area contributed by atoms with Gasteiger partial charge in [-0.2, -0.15) is 0 Å². The second kappa shape index (κ2) is 5.52. The molecule has 1 atom stereocenters. The van der Waals surface area contributed by atoms with Crippen molar-refractivity contribution in [3.05, 3.63) is 29.3 Å². The van der Waals surface area contributed by atoms with E-state index in [1.54, 1.807) is 0 Å². The first kappa shape index (κ1) is 12.4. The van der Waals surface area contributed by atoms with Crippen molar-refractivity contribution in [1.29, 1.82) is 0 Å². The second-order valence-electron chi connectivity index (χ2n) is 4.85. The minimum atomic E-state index is -0.435. The van der Waals surface area contributed by atoms with E-state index in [9.17, 15) is 5.11 Å². The topological polar surface area (TPSA) is 41.5 Å². The molecule has 0 radical (unpaired) electrons. The van der Waals surface area contributed by atoms with Gasteiger partial charge in [0.05, 0.1) is 0 Å². The quantitative estimate of drug-likeness (QED) is 0.790. The molecule has 0 unspecified atom stereocenters. The summed E-state index contributed by atoms with van der Waals surface area (Å²) in [5.74, 6) is 0.871. The molecule has 1 saturated carbocycles. The summed E-state index contributed by atoms with van der Waals surface area (Å²) in [4.78, 5) is 0. The standard InChI is InChI=1S/C14H21NO2/c1-10-4-3-5-14(11(10)2)17-9-13(16)8-15-12-6-7-12/h3-5,12-13,15-16H,6-9H2,1-2H3/t13-/m1/s1. The van der Waals surface area contributed by atoms with Gasteiger partial charge in [-0.15, -0.1) is 0 Å². The number of hydrogen-bond acceptors (Lipinski definition) is 3. The van der Waals surface area contributed by atoms with Crippen LogP contribution in [0.4, 0.5) is 0 Å². The fraction of sp³-hybridized carbons (Fsp3) is 0.571. The Morgan fingerprint density at radius 3 is 2.88 bits per heavy atom. The molecule has 0 aliphatic heterocycles. The molecule has 0 spiro atoms. The molecule has 2 N–H and O–H groups in total. The molecule has 0 amide bonds. The highest BCUT2D eigenvalue weighted by molar-refractivity contribution is 5.38. The fourth-order valence-corrected chi connectivity index (χ4v) is 1.72. The summed E-state index contributed by atoms with van der Waals surface area (Å²) in [5, 5.41) is 13.0.